The fourth-order valence-corrected chi connectivity index (χ4v) is 3.61. The fraction of sp³-hybridized carbons (Fsp3) is 0.0870. The summed E-state index contributed by atoms with van der Waals surface area (Å²) < 4.78 is 10.8. The maximum absolute atomic E-state index is 6.92. The summed E-state index contributed by atoms with van der Waals surface area (Å²) in [4.78, 5) is 8.12. The quantitative estimate of drug-likeness (QED) is 0.377. The number of nitrogens with zero attached hydrogens (tertiary/aromatic N) is 1. The van der Waals surface area contributed by atoms with Gasteiger partial charge in [0.25, 0.3) is 0 Å². The molecule has 4 aromatic rings. The monoisotopic (exact) mass is 424 g/mol. The van der Waals surface area contributed by atoms with E-state index in [-0.39, 0.29) is 0 Å². The number of H-pyrrole nitrogens is 1. The van der Waals surface area contributed by atoms with E-state index in [0.29, 0.717) is 27.4 Å². The number of rotatable bonds is 5. The highest BCUT2D eigenvalue weighted by atomic mass is 35.5. The number of fused-ring (bicyclic) bond motifs is 1. The number of benzene rings is 3. The van der Waals surface area contributed by atoms with Gasteiger partial charge in [0.1, 0.15) is 5.82 Å². The second-order valence-electron chi connectivity index (χ2n) is 6.37. The molecule has 0 saturated heterocycles. The average molecular weight is 425 g/mol. The first-order chi connectivity index (χ1) is 14.1. The van der Waals surface area contributed by atoms with Crippen LogP contribution in [0.25, 0.3) is 21.6 Å². The number of ether oxygens (including phenoxy) is 2. The molecular formula is C23H18Cl2N2O2. The van der Waals surface area contributed by atoms with Crippen LogP contribution in [0.15, 0.2) is 66.7 Å². The molecule has 0 amide bonds. The van der Waals surface area contributed by atoms with E-state index >= 15 is 0 Å². The third-order valence-electron chi connectivity index (χ3n) is 4.62. The smallest absolute Gasteiger partial charge is 0.161 e. The molecule has 0 saturated carbocycles. The molecule has 0 fully saturated rings. The first-order valence-electron chi connectivity index (χ1n) is 8.94. The summed E-state index contributed by atoms with van der Waals surface area (Å²) in [6.45, 7) is 0. The summed E-state index contributed by atoms with van der Waals surface area (Å²) >= 11 is 13.0. The minimum absolute atomic E-state index is 0.535. The normalized spacial score (nSPS) is 12.0. The van der Waals surface area contributed by atoms with Crippen LogP contribution in [0.2, 0.25) is 5.02 Å². The topological polar surface area (TPSA) is 47.1 Å². The van der Waals surface area contributed by atoms with Crippen molar-refractivity contribution in [1.29, 1.82) is 0 Å². The van der Waals surface area contributed by atoms with E-state index < -0.39 is 0 Å². The summed E-state index contributed by atoms with van der Waals surface area (Å²) in [5.41, 5.74) is 4.26. The molecule has 6 heteroatoms. The van der Waals surface area contributed by atoms with Crippen LogP contribution in [0, 0.1) is 0 Å². The zero-order valence-electron chi connectivity index (χ0n) is 15.9. The van der Waals surface area contributed by atoms with Crippen molar-refractivity contribution in [2.45, 2.75) is 0 Å². The minimum Gasteiger partial charge on any atom is -0.493 e. The van der Waals surface area contributed by atoms with E-state index in [2.05, 4.69) is 4.98 Å². The summed E-state index contributed by atoms with van der Waals surface area (Å²) in [6, 6.07) is 20.9. The van der Waals surface area contributed by atoms with Crippen LogP contribution < -0.4 is 9.47 Å². The SMILES string of the molecule is COc1ccc(/C(Cl)=C(/c2ccc(Cl)cc2)c2nc3ccccc3[nH]2)cc1OC. The Bertz CT molecular complexity index is 1160. The minimum atomic E-state index is 0.535. The lowest BCUT2D eigenvalue weighted by atomic mass is 10.0. The van der Waals surface area contributed by atoms with Crippen LogP contribution in [-0.4, -0.2) is 24.2 Å². The van der Waals surface area contributed by atoms with Crippen LogP contribution in [0.5, 0.6) is 11.5 Å². The Hall–Kier alpha value is -2.95. The lowest BCUT2D eigenvalue weighted by Crippen LogP contribution is -1.96. The molecule has 1 heterocycles. The summed E-state index contributed by atoms with van der Waals surface area (Å²) in [6.07, 6.45) is 0. The number of hydrogen-bond acceptors (Lipinski definition) is 3. The molecule has 0 radical (unpaired) electrons. The fourth-order valence-electron chi connectivity index (χ4n) is 3.17. The maximum atomic E-state index is 6.92. The van der Waals surface area contributed by atoms with Crippen LogP contribution in [0.4, 0.5) is 0 Å². The average Bonchev–Trinajstić information content (AvgIpc) is 3.18. The zero-order chi connectivity index (χ0) is 20.4. The number of hydrogen-bond donors (Lipinski definition) is 1. The van der Waals surface area contributed by atoms with Crippen LogP contribution in [0.1, 0.15) is 17.0 Å². The van der Waals surface area contributed by atoms with Gasteiger partial charge in [-0.25, -0.2) is 4.98 Å². The van der Waals surface area contributed by atoms with E-state index in [1.54, 1.807) is 14.2 Å². The first-order valence-corrected chi connectivity index (χ1v) is 9.69. The Balaban J connectivity index is 1.95. The predicted molar refractivity (Wildman–Crippen MR) is 119 cm³/mol. The van der Waals surface area contributed by atoms with Gasteiger partial charge in [0.2, 0.25) is 0 Å². The van der Waals surface area contributed by atoms with Crippen LogP contribution in [-0.2, 0) is 0 Å². The molecular weight excluding hydrogens is 407 g/mol. The van der Waals surface area contributed by atoms with Crippen molar-refractivity contribution in [2.24, 2.45) is 0 Å². The summed E-state index contributed by atoms with van der Waals surface area (Å²) in [5.74, 6) is 1.91. The molecule has 0 aliphatic rings. The molecule has 0 aliphatic heterocycles. The van der Waals surface area contributed by atoms with Gasteiger partial charge in [-0.2, -0.15) is 0 Å². The summed E-state index contributed by atoms with van der Waals surface area (Å²) in [7, 11) is 3.20. The molecule has 1 N–H and O–H groups in total. The predicted octanol–water partition coefficient (Wildman–Crippen LogP) is 6.39. The lowest BCUT2D eigenvalue weighted by molar-refractivity contribution is 0.355. The Labute approximate surface area is 178 Å². The van der Waals surface area contributed by atoms with Crippen molar-refractivity contribution in [3.8, 4) is 11.5 Å². The first kappa shape index (κ1) is 19.4. The number of imidazole rings is 1. The molecule has 4 rings (SSSR count). The molecule has 0 bridgehead atoms. The van der Waals surface area contributed by atoms with E-state index in [4.69, 9.17) is 37.7 Å². The highest BCUT2D eigenvalue weighted by molar-refractivity contribution is 6.53. The van der Waals surface area contributed by atoms with Gasteiger partial charge >= 0.3 is 0 Å². The van der Waals surface area contributed by atoms with E-state index in [1.165, 1.54) is 0 Å². The van der Waals surface area contributed by atoms with Gasteiger partial charge in [0.15, 0.2) is 11.5 Å². The third kappa shape index (κ3) is 3.82. The number of methoxy groups -OCH3 is 2. The standard InChI is InChI=1S/C23H18Cl2N2O2/c1-28-19-12-9-15(13-20(19)29-2)22(25)21(14-7-10-16(24)11-8-14)23-26-17-5-3-4-6-18(17)27-23/h3-13H,1-2H3,(H,26,27)/b22-21+. The van der Waals surface area contributed by atoms with Crippen molar-refractivity contribution >= 4 is 44.8 Å². The zero-order valence-corrected chi connectivity index (χ0v) is 17.4. The number of aromatic amines is 1. The lowest BCUT2D eigenvalue weighted by Gasteiger charge is -2.13. The van der Waals surface area contributed by atoms with Gasteiger partial charge in [-0.05, 0) is 53.6 Å². The number of halogens is 2. The van der Waals surface area contributed by atoms with Gasteiger partial charge < -0.3 is 14.5 Å². The highest BCUT2D eigenvalue weighted by Gasteiger charge is 2.18. The second kappa shape index (κ2) is 8.19. The Morgan fingerprint density at radius 3 is 2.24 bits per heavy atom. The Morgan fingerprint density at radius 1 is 0.862 bits per heavy atom. The van der Waals surface area contributed by atoms with E-state index in [9.17, 15) is 0 Å². The third-order valence-corrected chi connectivity index (χ3v) is 5.27. The van der Waals surface area contributed by atoms with Gasteiger partial charge in [0, 0.05) is 10.6 Å². The van der Waals surface area contributed by atoms with Crippen molar-refractivity contribution in [2.75, 3.05) is 14.2 Å². The van der Waals surface area contributed by atoms with Crippen molar-refractivity contribution in [1.82, 2.24) is 9.97 Å². The van der Waals surface area contributed by atoms with Gasteiger partial charge in [-0.1, -0.05) is 47.5 Å². The number of aromatic nitrogens is 2. The molecule has 0 spiro atoms. The molecule has 3 aromatic carbocycles. The largest absolute Gasteiger partial charge is 0.493 e. The van der Waals surface area contributed by atoms with E-state index in [0.717, 1.165) is 27.7 Å². The molecule has 1 aromatic heterocycles. The number of nitrogens with one attached hydrogen (secondary N) is 1. The van der Waals surface area contributed by atoms with Crippen molar-refractivity contribution in [3.05, 3.63) is 88.7 Å². The number of para-hydroxylation sites is 2. The van der Waals surface area contributed by atoms with Gasteiger partial charge in [0.05, 0.1) is 30.3 Å². The van der Waals surface area contributed by atoms with Crippen LogP contribution >= 0.6 is 23.2 Å². The molecule has 146 valence electrons. The van der Waals surface area contributed by atoms with Crippen LogP contribution in [0.3, 0.4) is 0 Å². The molecule has 0 aliphatic carbocycles. The Morgan fingerprint density at radius 2 is 1.55 bits per heavy atom. The van der Waals surface area contributed by atoms with E-state index in [1.807, 2.05) is 66.7 Å². The van der Waals surface area contributed by atoms with Gasteiger partial charge in [-0.3, -0.25) is 0 Å². The molecule has 0 atom stereocenters. The summed E-state index contributed by atoms with van der Waals surface area (Å²) in [5, 5.41) is 1.19. The molecule has 4 nitrogen and oxygen atoms in total. The van der Waals surface area contributed by atoms with Gasteiger partial charge in [-0.15, -0.1) is 0 Å². The maximum Gasteiger partial charge on any atom is 0.161 e. The second-order valence-corrected chi connectivity index (χ2v) is 7.18. The van der Waals surface area contributed by atoms with Crippen molar-refractivity contribution in [3.63, 3.8) is 0 Å². The Kier molecular flexibility index (Phi) is 5.47. The highest BCUT2D eigenvalue weighted by Crippen LogP contribution is 2.38. The molecule has 29 heavy (non-hydrogen) atoms. The van der Waals surface area contributed by atoms with Crippen molar-refractivity contribution < 1.29 is 9.47 Å². The molecule has 0 unspecified atom stereocenters.